The molecule has 0 N–H and O–H groups in total. The van der Waals surface area contributed by atoms with Crippen molar-refractivity contribution in [2.24, 2.45) is 5.41 Å². The highest BCUT2D eigenvalue weighted by atomic mass is 79.9. The summed E-state index contributed by atoms with van der Waals surface area (Å²) in [6.45, 7) is 5.86. The van der Waals surface area contributed by atoms with E-state index in [1.54, 1.807) is 0 Å². The largest absolute Gasteiger partial charge is 0.299 e. The highest BCUT2D eigenvalue weighted by Crippen LogP contribution is 2.41. The highest BCUT2D eigenvalue weighted by Gasteiger charge is 2.31. The topological polar surface area (TPSA) is 47.8 Å². The second-order valence-corrected chi connectivity index (χ2v) is 8.73. The maximum atomic E-state index is 12.2. The predicted molar refractivity (Wildman–Crippen MR) is 96.6 cm³/mol. The first-order valence-corrected chi connectivity index (χ1v) is 9.51. The van der Waals surface area contributed by atoms with E-state index in [1.165, 1.54) is 11.8 Å². The molecule has 0 unspecified atom stereocenters. The van der Waals surface area contributed by atoms with Crippen molar-refractivity contribution in [2.75, 3.05) is 5.75 Å². The number of benzene rings is 1. The van der Waals surface area contributed by atoms with Crippen LogP contribution >= 0.6 is 27.7 Å². The normalized spacial score (nSPS) is 15.0. The monoisotopic (exact) mass is 393 g/mol. The molecular weight excluding hydrogens is 374 g/mol. The molecule has 3 rings (SSSR count). The molecule has 0 saturated heterocycles. The van der Waals surface area contributed by atoms with E-state index in [9.17, 15) is 4.79 Å². The van der Waals surface area contributed by atoms with Gasteiger partial charge in [-0.1, -0.05) is 60.6 Å². The Morgan fingerprint density at radius 3 is 2.48 bits per heavy atom. The minimum absolute atomic E-state index is 0.234. The number of rotatable bonds is 5. The van der Waals surface area contributed by atoms with Crippen molar-refractivity contribution < 1.29 is 4.79 Å². The zero-order valence-corrected chi connectivity index (χ0v) is 15.9. The molecule has 23 heavy (non-hydrogen) atoms. The summed E-state index contributed by atoms with van der Waals surface area (Å²) in [5.41, 5.74) is 0.744. The molecule has 0 amide bonds. The van der Waals surface area contributed by atoms with Crippen LogP contribution in [0.4, 0.5) is 0 Å². The molecule has 1 fully saturated rings. The minimum Gasteiger partial charge on any atom is -0.299 e. The lowest BCUT2D eigenvalue weighted by Gasteiger charge is -2.16. The lowest BCUT2D eigenvalue weighted by molar-refractivity contribution is -0.123. The molecule has 6 heteroatoms. The van der Waals surface area contributed by atoms with Gasteiger partial charge in [-0.15, -0.1) is 10.2 Å². The van der Waals surface area contributed by atoms with Crippen LogP contribution in [-0.4, -0.2) is 26.3 Å². The van der Waals surface area contributed by atoms with Crippen LogP contribution in [0.15, 0.2) is 33.9 Å². The number of hydrogen-bond acceptors (Lipinski definition) is 4. The smallest absolute Gasteiger partial charge is 0.192 e. The summed E-state index contributed by atoms with van der Waals surface area (Å²) in [5, 5.41) is 9.58. The van der Waals surface area contributed by atoms with Gasteiger partial charge in [0.25, 0.3) is 0 Å². The van der Waals surface area contributed by atoms with E-state index in [2.05, 4.69) is 30.7 Å². The Morgan fingerprint density at radius 1 is 1.26 bits per heavy atom. The van der Waals surface area contributed by atoms with E-state index >= 15 is 0 Å². The van der Waals surface area contributed by atoms with E-state index in [0.29, 0.717) is 11.8 Å². The standard InChI is InChI=1S/C17H20BrN3OS/c1-17(2,3)14(22)10-23-16-20-19-15(21(16)13-8-9-13)11-4-6-12(18)7-5-11/h4-7,13H,8-10H2,1-3H3. The van der Waals surface area contributed by atoms with Crippen molar-refractivity contribution in [1.82, 2.24) is 14.8 Å². The van der Waals surface area contributed by atoms with Crippen molar-refractivity contribution in [1.29, 1.82) is 0 Å². The van der Waals surface area contributed by atoms with E-state index in [4.69, 9.17) is 0 Å². The quantitative estimate of drug-likeness (QED) is 0.687. The molecule has 122 valence electrons. The number of carbonyl (C=O) groups excluding carboxylic acids is 1. The van der Waals surface area contributed by atoms with Crippen LogP contribution in [0.2, 0.25) is 0 Å². The number of nitrogens with zero attached hydrogens (tertiary/aromatic N) is 3. The highest BCUT2D eigenvalue weighted by molar-refractivity contribution is 9.10. The number of carbonyl (C=O) groups is 1. The van der Waals surface area contributed by atoms with Gasteiger partial charge in [0.15, 0.2) is 11.0 Å². The van der Waals surface area contributed by atoms with E-state index in [-0.39, 0.29) is 11.2 Å². The average Bonchev–Trinajstić information content (AvgIpc) is 3.24. The summed E-state index contributed by atoms with van der Waals surface area (Å²) in [5.74, 6) is 1.57. The maximum Gasteiger partial charge on any atom is 0.192 e. The van der Waals surface area contributed by atoms with Gasteiger partial charge in [-0.3, -0.25) is 9.36 Å². The molecule has 2 aromatic rings. The lowest BCUT2D eigenvalue weighted by Crippen LogP contribution is -2.22. The molecule has 0 radical (unpaired) electrons. The molecule has 0 atom stereocenters. The van der Waals surface area contributed by atoms with Gasteiger partial charge in [0.1, 0.15) is 5.78 Å². The van der Waals surface area contributed by atoms with Gasteiger partial charge in [-0.05, 0) is 25.0 Å². The van der Waals surface area contributed by atoms with E-state index in [0.717, 1.165) is 33.9 Å². The third-order valence-electron chi connectivity index (χ3n) is 3.85. The van der Waals surface area contributed by atoms with Gasteiger partial charge in [0.05, 0.1) is 5.75 Å². The zero-order valence-electron chi connectivity index (χ0n) is 13.5. The summed E-state index contributed by atoms with van der Waals surface area (Å²) in [6, 6.07) is 8.58. The van der Waals surface area contributed by atoms with Crippen LogP contribution in [0.25, 0.3) is 11.4 Å². The molecule has 0 bridgehead atoms. The Kier molecular flexibility index (Phi) is 4.65. The molecular formula is C17H20BrN3OS. The van der Waals surface area contributed by atoms with Crippen molar-refractivity contribution >= 4 is 33.5 Å². The summed E-state index contributed by atoms with van der Waals surface area (Å²) in [6.07, 6.45) is 2.31. The molecule has 1 saturated carbocycles. The number of ketones is 1. The van der Waals surface area contributed by atoms with Crippen LogP contribution in [-0.2, 0) is 4.79 Å². The summed E-state index contributed by atoms with van der Waals surface area (Å²) >= 11 is 4.96. The van der Waals surface area contributed by atoms with Crippen molar-refractivity contribution in [3.05, 3.63) is 28.7 Å². The SMILES string of the molecule is CC(C)(C)C(=O)CSc1nnc(-c2ccc(Br)cc2)n1C1CC1. The maximum absolute atomic E-state index is 12.2. The third kappa shape index (κ3) is 3.86. The Hall–Kier alpha value is -1.14. The van der Waals surface area contributed by atoms with E-state index in [1.807, 2.05) is 45.0 Å². The first kappa shape index (κ1) is 16.7. The molecule has 1 aliphatic carbocycles. The van der Waals surface area contributed by atoms with Gasteiger partial charge < -0.3 is 0 Å². The van der Waals surface area contributed by atoms with Crippen molar-refractivity contribution in [2.45, 2.75) is 44.8 Å². The number of hydrogen-bond donors (Lipinski definition) is 0. The fourth-order valence-corrected chi connectivity index (χ4v) is 3.61. The molecule has 0 spiro atoms. The molecule has 4 nitrogen and oxygen atoms in total. The second kappa shape index (κ2) is 6.40. The Labute approximate surface area is 149 Å². The minimum atomic E-state index is -0.314. The van der Waals surface area contributed by atoms with Gasteiger partial charge in [0.2, 0.25) is 0 Å². The molecule has 1 aliphatic rings. The number of halogens is 1. The van der Waals surface area contributed by atoms with Crippen LogP contribution in [0.1, 0.15) is 39.7 Å². The number of Topliss-reactive ketones (excluding diaryl/α,β-unsaturated/α-hetero) is 1. The molecule has 1 aromatic heterocycles. The first-order chi connectivity index (χ1) is 10.9. The predicted octanol–water partition coefficient (Wildman–Crippen LogP) is 4.75. The van der Waals surface area contributed by atoms with Crippen LogP contribution in [0, 0.1) is 5.41 Å². The summed E-state index contributed by atoms with van der Waals surface area (Å²) in [7, 11) is 0. The third-order valence-corrected chi connectivity index (χ3v) is 5.32. The van der Waals surface area contributed by atoms with Crippen LogP contribution in [0.3, 0.4) is 0 Å². The zero-order chi connectivity index (χ0) is 16.6. The number of thioether (sulfide) groups is 1. The van der Waals surface area contributed by atoms with Gasteiger partial charge in [-0.25, -0.2) is 0 Å². The van der Waals surface area contributed by atoms with Gasteiger partial charge in [0, 0.05) is 21.5 Å². The van der Waals surface area contributed by atoms with E-state index < -0.39 is 0 Å². The Bertz CT molecular complexity index is 714. The first-order valence-electron chi connectivity index (χ1n) is 7.73. The van der Waals surface area contributed by atoms with Gasteiger partial charge >= 0.3 is 0 Å². The molecule has 1 heterocycles. The molecule has 0 aliphatic heterocycles. The van der Waals surface area contributed by atoms with Crippen molar-refractivity contribution in [3.63, 3.8) is 0 Å². The Morgan fingerprint density at radius 2 is 1.91 bits per heavy atom. The fraction of sp³-hybridized carbons (Fsp3) is 0.471. The van der Waals surface area contributed by atoms with Crippen LogP contribution in [0.5, 0.6) is 0 Å². The lowest BCUT2D eigenvalue weighted by atomic mass is 9.92. The van der Waals surface area contributed by atoms with Gasteiger partial charge in [-0.2, -0.15) is 0 Å². The summed E-state index contributed by atoms with van der Waals surface area (Å²) < 4.78 is 3.24. The Balaban J connectivity index is 1.85. The fourth-order valence-electron chi connectivity index (χ4n) is 2.18. The molecule has 1 aromatic carbocycles. The second-order valence-electron chi connectivity index (χ2n) is 6.88. The summed E-state index contributed by atoms with van der Waals surface area (Å²) in [4.78, 5) is 12.2. The average molecular weight is 394 g/mol. The van der Waals surface area contributed by atoms with Crippen LogP contribution < -0.4 is 0 Å². The number of aromatic nitrogens is 3. The van der Waals surface area contributed by atoms with Crippen molar-refractivity contribution in [3.8, 4) is 11.4 Å².